The minimum atomic E-state index is -0.766. The summed E-state index contributed by atoms with van der Waals surface area (Å²) in [5.41, 5.74) is 6.13. The molecule has 20 heavy (non-hydrogen) atoms. The van der Waals surface area contributed by atoms with E-state index in [1.54, 1.807) is 6.33 Å². The molecule has 0 aliphatic carbocycles. The van der Waals surface area contributed by atoms with Gasteiger partial charge in [0.05, 0.1) is 6.33 Å². The van der Waals surface area contributed by atoms with Crippen LogP contribution in [0.3, 0.4) is 0 Å². The van der Waals surface area contributed by atoms with Crippen LogP contribution in [0.1, 0.15) is 20.3 Å². The molecule has 0 saturated carbocycles. The molecule has 0 saturated heterocycles. The van der Waals surface area contributed by atoms with Crippen molar-refractivity contribution >= 4 is 28.8 Å². The zero-order valence-electron chi connectivity index (χ0n) is 11.5. The molecule has 0 spiro atoms. The largest absolute Gasteiger partial charge is 0.368 e. The first-order chi connectivity index (χ1) is 9.57. The quantitative estimate of drug-likeness (QED) is 0.512. The molecule has 2 rings (SSSR count). The average molecular weight is 294 g/mol. The number of nitrogens with two attached hydrogens (primary N) is 1. The number of primary amides is 1. The molecule has 2 heterocycles. The monoisotopic (exact) mass is 294 g/mol. The number of H-pyrrole nitrogens is 1. The molecule has 1 amide bonds. The highest BCUT2D eigenvalue weighted by Crippen LogP contribution is 2.25. The Morgan fingerprint density at radius 1 is 1.50 bits per heavy atom. The summed E-state index contributed by atoms with van der Waals surface area (Å²) in [6.07, 6.45) is 3.98. The Hall–Kier alpha value is -1.67. The predicted molar refractivity (Wildman–Crippen MR) is 78.3 cm³/mol. The van der Waals surface area contributed by atoms with E-state index in [9.17, 15) is 4.79 Å². The third-order valence-corrected chi connectivity index (χ3v) is 4.30. The fourth-order valence-corrected chi connectivity index (χ4v) is 2.76. The number of nitrogens with zero attached hydrogens (tertiary/aromatic N) is 3. The van der Waals surface area contributed by atoms with Crippen LogP contribution in [-0.2, 0) is 4.79 Å². The molecule has 8 heteroatoms. The van der Waals surface area contributed by atoms with E-state index in [2.05, 4.69) is 25.3 Å². The molecule has 2 aromatic heterocycles. The fraction of sp³-hybridized carbons (Fsp3) is 0.500. The van der Waals surface area contributed by atoms with Crippen molar-refractivity contribution in [2.24, 2.45) is 5.73 Å². The summed E-state index contributed by atoms with van der Waals surface area (Å²) < 4.78 is 0. The lowest BCUT2D eigenvalue weighted by Gasteiger charge is -2.26. The molecule has 108 valence electrons. The van der Waals surface area contributed by atoms with Gasteiger partial charge in [-0.05, 0) is 19.9 Å². The lowest BCUT2D eigenvalue weighted by molar-refractivity contribution is -0.122. The second-order valence-electron chi connectivity index (χ2n) is 4.69. The number of amides is 1. The highest BCUT2D eigenvalue weighted by atomic mass is 32.2. The van der Waals surface area contributed by atoms with Gasteiger partial charge in [-0.25, -0.2) is 15.0 Å². The number of aromatic nitrogens is 4. The van der Waals surface area contributed by atoms with Gasteiger partial charge >= 0.3 is 0 Å². The molecular weight excluding hydrogens is 276 g/mol. The number of carbonyl (C=O) groups is 1. The number of hydrogen-bond acceptors (Lipinski definition) is 6. The molecule has 0 aromatic carbocycles. The minimum Gasteiger partial charge on any atom is -0.368 e. The number of hydrogen-bond donors (Lipinski definition) is 3. The Morgan fingerprint density at radius 3 is 3.00 bits per heavy atom. The van der Waals surface area contributed by atoms with Crippen molar-refractivity contribution < 1.29 is 4.79 Å². The first-order valence-corrected chi connectivity index (χ1v) is 7.37. The van der Waals surface area contributed by atoms with E-state index in [0.29, 0.717) is 11.4 Å². The number of rotatable bonds is 7. The fourth-order valence-electron chi connectivity index (χ4n) is 1.68. The van der Waals surface area contributed by atoms with Crippen molar-refractivity contribution in [1.29, 1.82) is 0 Å². The van der Waals surface area contributed by atoms with Gasteiger partial charge in [0.2, 0.25) is 5.91 Å². The molecular formula is C12H18N6OS. The van der Waals surface area contributed by atoms with Crippen molar-refractivity contribution in [3.05, 3.63) is 12.7 Å². The van der Waals surface area contributed by atoms with Gasteiger partial charge in [-0.15, -0.1) is 11.8 Å². The molecule has 0 bridgehead atoms. The summed E-state index contributed by atoms with van der Waals surface area (Å²) in [6, 6.07) is 0. The summed E-state index contributed by atoms with van der Waals surface area (Å²) in [5.74, 6) is 0.126. The van der Waals surface area contributed by atoms with Crippen LogP contribution in [0.15, 0.2) is 17.7 Å². The van der Waals surface area contributed by atoms with Gasteiger partial charge in [0.25, 0.3) is 0 Å². The first-order valence-electron chi connectivity index (χ1n) is 6.38. The van der Waals surface area contributed by atoms with Crippen molar-refractivity contribution in [3.8, 4) is 0 Å². The Labute approximate surface area is 121 Å². The summed E-state index contributed by atoms with van der Waals surface area (Å²) in [4.78, 5) is 27.0. The molecule has 0 radical (unpaired) electrons. The van der Waals surface area contributed by atoms with Gasteiger partial charge in [-0.2, -0.15) is 0 Å². The minimum absolute atomic E-state index is 0.367. The van der Waals surface area contributed by atoms with E-state index in [1.165, 1.54) is 18.1 Å². The average Bonchev–Trinajstić information content (AvgIpc) is 2.91. The molecule has 0 fully saturated rings. The molecule has 1 atom stereocenters. The van der Waals surface area contributed by atoms with Crippen molar-refractivity contribution in [3.63, 3.8) is 0 Å². The smallest absolute Gasteiger partial charge is 0.238 e. The summed E-state index contributed by atoms with van der Waals surface area (Å²) in [6.45, 7) is 4.59. The van der Waals surface area contributed by atoms with Crippen LogP contribution in [0.4, 0.5) is 0 Å². The molecule has 7 nitrogen and oxygen atoms in total. The highest BCUT2D eigenvalue weighted by Gasteiger charge is 2.30. The number of aromatic amines is 1. The normalized spacial score (nSPS) is 14.3. The van der Waals surface area contributed by atoms with E-state index in [-0.39, 0.29) is 5.91 Å². The van der Waals surface area contributed by atoms with E-state index >= 15 is 0 Å². The van der Waals surface area contributed by atoms with Gasteiger partial charge in [-0.1, -0.05) is 6.92 Å². The second-order valence-corrected chi connectivity index (χ2v) is 5.66. The SMILES string of the molecule is CCCNC(C)(CSc1ncnc2nc[nH]c12)C(N)=O. The number of carbonyl (C=O) groups excluding carboxylic acids is 1. The lowest BCUT2D eigenvalue weighted by Crippen LogP contribution is -2.55. The third-order valence-electron chi connectivity index (χ3n) is 2.99. The summed E-state index contributed by atoms with van der Waals surface area (Å²) >= 11 is 1.45. The Kier molecular flexibility index (Phi) is 4.56. The van der Waals surface area contributed by atoms with Crippen LogP contribution in [0.5, 0.6) is 0 Å². The maximum atomic E-state index is 11.7. The molecule has 0 aliphatic rings. The molecule has 0 aliphatic heterocycles. The topological polar surface area (TPSA) is 110 Å². The van der Waals surface area contributed by atoms with Crippen molar-refractivity contribution in [1.82, 2.24) is 25.3 Å². The van der Waals surface area contributed by atoms with Crippen LogP contribution in [0, 0.1) is 0 Å². The van der Waals surface area contributed by atoms with Crippen LogP contribution in [0.2, 0.25) is 0 Å². The second kappa shape index (κ2) is 6.19. The van der Waals surface area contributed by atoms with E-state index in [4.69, 9.17) is 5.73 Å². The zero-order valence-corrected chi connectivity index (χ0v) is 12.3. The van der Waals surface area contributed by atoms with Crippen LogP contribution >= 0.6 is 11.8 Å². The maximum absolute atomic E-state index is 11.7. The van der Waals surface area contributed by atoms with Crippen LogP contribution in [-0.4, -0.2) is 43.7 Å². The Balaban J connectivity index is 2.13. The van der Waals surface area contributed by atoms with Gasteiger partial charge in [0, 0.05) is 5.75 Å². The molecule has 1 unspecified atom stereocenters. The highest BCUT2D eigenvalue weighted by molar-refractivity contribution is 7.99. The number of imidazole rings is 1. The molecule has 4 N–H and O–H groups in total. The Morgan fingerprint density at radius 2 is 2.30 bits per heavy atom. The van der Waals surface area contributed by atoms with Gasteiger partial charge in [-0.3, -0.25) is 4.79 Å². The zero-order chi connectivity index (χ0) is 14.6. The first kappa shape index (κ1) is 14.7. The number of nitrogens with one attached hydrogen (secondary N) is 2. The van der Waals surface area contributed by atoms with Gasteiger partial charge < -0.3 is 16.0 Å². The van der Waals surface area contributed by atoms with E-state index in [0.717, 1.165) is 23.5 Å². The van der Waals surface area contributed by atoms with E-state index < -0.39 is 5.54 Å². The van der Waals surface area contributed by atoms with E-state index in [1.807, 2.05) is 13.8 Å². The number of thioether (sulfide) groups is 1. The molecule has 2 aromatic rings. The standard InChI is InChI=1S/C12H18N6OS/c1-3-4-18-12(2,11(13)19)5-20-10-8-9(15-6-14-8)16-7-17-10/h6-7,18H,3-5H2,1-2H3,(H2,13,19)(H,14,15,16,17). The predicted octanol–water partition coefficient (Wildman–Crippen LogP) is 0.689. The number of fused-ring (bicyclic) bond motifs is 1. The van der Waals surface area contributed by atoms with Crippen molar-refractivity contribution in [2.75, 3.05) is 12.3 Å². The Bertz CT molecular complexity index is 600. The third kappa shape index (κ3) is 3.07. The van der Waals surface area contributed by atoms with Gasteiger partial charge in [0.15, 0.2) is 5.65 Å². The summed E-state index contributed by atoms with van der Waals surface area (Å²) in [5, 5.41) is 3.96. The maximum Gasteiger partial charge on any atom is 0.238 e. The van der Waals surface area contributed by atoms with Crippen molar-refractivity contribution in [2.45, 2.75) is 30.8 Å². The lowest BCUT2D eigenvalue weighted by atomic mass is 10.1. The summed E-state index contributed by atoms with van der Waals surface area (Å²) in [7, 11) is 0. The van der Waals surface area contributed by atoms with Gasteiger partial charge in [0.1, 0.15) is 22.4 Å². The van der Waals surface area contributed by atoms with Crippen LogP contribution < -0.4 is 11.1 Å². The van der Waals surface area contributed by atoms with Crippen LogP contribution in [0.25, 0.3) is 11.2 Å².